The average molecular weight is 241 g/mol. The van der Waals surface area contributed by atoms with Gasteiger partial charge >= 0.3 is 0 Å². The van der Waals surface area contributed by atoms with Crippen LogP contribution in [0.1, 0.15) is 18.3 Å². The molecule has 0 amide bonds. The van der Waals surface area contributed by atoms with E-state index in [9.17, 15) is 8.42 Å². The zero-order chi connectivity index (χ0) is 12.3. The molecule has 0 aliphatic carbocycles. The number of aromatic nitrogens is 3. The van der Waals surface area contributed by atoms with Crippen molar-refractivity contribution in [3.05, 3.63) is 11.4 Å². The Kier molecular flexibility index (Phi) is 3.39. The van der Waals surface area contributed by atoms with Gasteiger partial charge in [-0.25, -0.2) is 18.1 Å². The minimum Gasteiger partial charge on any atom is -0.249 e. The maximum absolute atomic E-state index is 11.5. The molecule has 0 saturated carbocycles. The Morgan fingerprint density at radius 2 is 1.94 bits per heavy atom. The van der Waals surface area contributed by atoms with Crippen LogP contribution in [0.15, 0.2) is 0 Å². The molecule has 86 valence electrons. The number of hydrogen-bond donors (Lipinski definition) is 1. The Bertz CT molecular complexity index is 534. The summed E-state index contributed by atoms with van der Waals surface area (Å²) in [6.45, 7) is 4.68. The second kappa shape index (κ2) is 4.40. The predicted molar refractivity (Wildman–Crippen MR) is 56.9 cm³/mol. The zero-order valence-electron chi connectivity index (χ0n) is 9.09. The van der Waals surface area contributed by atoms with Crippen LogP contribution in [-0.2, 0) is 10.0 Å². The molecular weight excluding hydrogens is 230 g/mol. The van der Waals surface area contributed by atoms with E-state index in [-0.39, 0.29) is 5.95 Å². The van der Waals surface area contributed by atoms with Gasteiger partial charge in [0.05, 0.1) is 17.5 Å². The second-order valence-corrected chi connectivity index (χ2v) is 5.23. The van der Waals surface area contributed by atoms with E-state index in [1.165, 1.54) is 6.92 Å². The van der Waals surface area contributed by atoms with Crippen molar-refractivity contribution in [2.45, 2.75) is 26.0 Å². The van der Waals surface area contributed by atoms with Crippen LogP contribution in [0.2, 0.25) is 0 Å². The fourth-order valence-electron chi connectivity index (χ4n) is 0.785. The Balaban J connectivity index is 2.98. The highest BCUT2D eigenvalue weighted by atomic mass is 32.2. The first-order chi connectivity index (χ1) is 7.36. The molecule has 1 aromatic heterocycles. The van der Waals surface area contributed by atoms with Gasteiger partial charge in [0, 0.05) is 0 Å². The predicted octanol–water partition coefficient (Wildman–Crippen LogP) is 0.142. The quantitative estimate of drug-likeness (QED) is 0.806. The summed E-state index contributed by atoms with van der Waals surface area (Å²) in [4.78, 5) is 3.90. The third kappa shape index (κ3) is 2.64. The summed E-state index contributed by atoms with van der Waals surface area (Å²) in [5.41, 5.74) is 1.20. The smallest absolute Gasteiger partial charge is 0.249 e. The van der Waals surface area contributed by atoms with Crippen LogP contribution >= 0.6 is 0 Å². The highest BCUT2D eigenvalue weighted by molar-refractivity contribution is 7.93. The molecule has 0 bridgehead atoms. The molecule has 0 spiro atoms. The van der Waals surface area contributed by atoms with E-state index in [0.717, 1.165) is 0 Å². The summed E-state index contributed by atoms with van der Waals surface area (Å²) < 4.78 is 25.1. The fraction of sp³-hybridized carbons (Fsp3) is 0.500. The number of aryl methyl sites for hydroxylation is 2. The lowest BCUT2D eigenvalue weighted by Gasteiger charge is -2.07. The molecule has 8 heteroatoms. The van der Waals surface area contributed by atoms with Crippen molar-refractivity contribution in [2.75, 3.05) is 4.72 Å². The van der Waals surface area contributed by atoms with Crippen LogP contribution < -0.4 is 4.72 Å². The molecule has 1 aromatic rings. The van der Waals surface area contributed by atoms with Crippen molar-refractivity contribution < 1.29 is 8.42 Å². The molecule has 1 N–H and O–H groups in total. The fourth-order valence-corrected chi connectivity index (χ4v) is 1.44. The van der Waals surface area contributed by atoms with Crippen molar-refractivity contribution in [1.29, 1.82) is 5.26 Å². The van der Waals surface area contributed by atoms with E-state index < -0.39 is 15.3 Å². The van der Waals surface area contributed by atoms with Gasteiger partial charge in [0.15, 0.2) is 5.25 Å². The number of hydrogen-bond acceptors (Lipinski definition) is 6. The molecule has 0 fully saturated rings. The van der Waals surface area contributed by atoms with Crippen molar-refractivity contribution >= 4 is 16.0 Å². The summed E-state index contributed by atoms with van der Waals surface area (Å²) in [5, 5.41) is 14.7. The summed E-state index contributed by atoms with van der Waals surface area (Å²) >= 11 is 0. The van der Waals surface area contributed by atoms with E-state index in [0.29, 0.717) is 11.4 Å². The molecule has 1 heterocycles. The standard InChI is InChI=1S/C8H11N5O2S/c1-5(4-9)16(14,15)13-8-10-6(2)7(3)11-12-8/h5H,1-3H3,(H,10,12,13). The van der Waals surface area contributed by atoms with E-state index in [1.54, 1.807) is 19.9 Å². The average Bonchev–Trinajstić information content (AvgIpc) is 2.22. The van der Waals surface area contributed by atoms with Crippen molar-refractivity contribution in [3.63, 3.8) is 0 Å². The Labute approximate surface area is 93.6 Å². The molecule has 7 nitrogen and oxygen atoms in total. The molecule has 1 rings (SSSR count). The number of anilines is 1. The van der Waals surface area contributed by atoms with Gasteiger partial charge < -0.3 is 0 Å². The number of nitrogens with one attached hydrogen (secondary N) is 1. The van der Waals surface area contributed by atoms with Crippen molar-refractivity contribution in [2.24, 2.45) is 0 Å². The number of nitriles is 1. The van der Waals surface area contributed by atoms with Crippen LogP contribution in [0.3, 0.4) is 0 Å². The first-order valence-electron chi connectivity index (χ1n) is 4.46. The van der Waals surface area contributed by atoms with Crippen LogP contribution in [0.4, 0.5) is 5.95 Å². The first-order valence-corrected chi connectivity index (χ1v) is 6.00. The van der Waals surface area contributed by atoms with Crippen molar-refractivity contribution in [3.8, 4) is 6.07 Å². The zero-order valence-corrected chi connectivity index (χ0v) is 9.91. The van der Waals surface area contributed by atoms with Crippen LogP contribution in [0, 0.1) is 25.2 Å². The van der Waals surface area contributed by atoms with Gasteiger partial charge in [-0.2, -0.15) is 10.4 Å². The molecule has 0 radical (unpaired) electrons. The van der Waals surface area contributed by atoms with Gasteiger partial charge in [-0.15, -0.1) is 5.10 Å². The van der Waals surface area contributed by atoms with E-state index >= 15 is 0 Å². The summed E-state index contributed by atoms with van der Waals surface area (Å²) in [6, 6.07) is 1.63. The lowest BCUT2D eigenvalue weighted by molar-refractivity contribution is 0.596. The molecular formula is C8H11N5O2S. The topological polar surface area (TPSA) is 109 Å². The Morgan fingerprint density at radius 3 is 2.44 bits per heavy atom. The van der Waals surface area contributed by atoms with Gasteiger partial charge in [0.2, 0.25) is 0 Å². The molecule has 0 aromatic carbocycles. The lowest BCUT2D eigenvalue weighted by atomic mass is 10.4. The summed E-state index contributed by atoms with van der Waals surface area (Å²) in [5.74, 6) is -0.120. The normalized spacial score (nSPS) is 12.9. The maximum Gasteiger partial charge on any atom is 0.256 e. The largest absolute Gasteiger partial charge is 0.256 e. The SMILES string of the molecule is Cc1nnc(NS(=O)(=O)C(C)C#N)nc1C. The third-order valence-corrected chi connectivity index (χ3v) is 3.48. The summed E-state index contributed by atoms with van der Waals surface area (Å²) in [7, 11) is -3.77. The number of nitrogens with zero attached hydrogens (tertiary/aromatic N) is 4. The van der Waals surface area contributed by atoms with Crippen LogP contribution in [0.5, 0.6) is 0 Å². The van der Waals surface area contributed by atoms with Gasteiger partial charge in [-0.05, 0) is 20.8 Å². The molecule has 0 aliphatic heterocycles. The van der Waals surface area contributed by atoms with Gasteiger partial charge in [-0.1, -0.05) is 0 Å². The van der Waals surface area contributed by atoms with Gasteiger partial charge in [0.1, 0.15) is 0 Å². The first kappa shape index (κ1) is 12.3. The number of sulfonamides is 1. The number of rotatable bonds is 3. The van der Waals surface area contributed by atoms with Crippen LogP contribution in [-0.4, -0.2) is 28.8 Å². The molecule has 0 saturated heterocycles. The van der Waals surface area contributed by atoms with E-state index in [1.807, 2.05) is 0 Å². The molecule has 16 heavy (non-hydrogen) atoms. The van der Waals surface area contributed by atoms with E-state index in [2.05, 4.69) is 19.9 Å². The van der Waals surface area contributed by atoms with Gasteiger partial charge in [0.25, 0.3) is 16.0 Å². The van der Waals surface area contributed by atoms with Crippen LogP contribution in [0.25, 0.3) is 0 Å². The summed E-state index contributed by atoms with van der Waals surface area (Å²) in [6.07, 6.45) is 0. The maximum atomic E-state index is 11.5. The van der Waals surface area contributed by atoms with Crippen molar-refractivity contribution in [1.82, 2.24) is 15.2 Å². The lowest BCUT2D eigenvalue weighted by Crippen LogP contribution is -2.25. The Hall–Kier alpha value is -1.75. The molecule has 0 aliphatic rings. The Morgan fingerprint density at radius 1 is 1.31 bits per heavy atom. The van der Waals surface area contributed by atoms with Gasteiger partial charge in [-0.3, -0.25) is 0 Å². The highest BCUT2D eigenvalue weighted by Crippen LogP contribution is 2.07. The second-order valence-electron chi connectivity index (χ2n) is 3.22. The highest BCUT2D eigenvalue weighted by Gasteiger charge is 2.21. The monoisotopic (exact) mass is 241 g/mol. The van der Waals surface area contributed by atoms with E-state index in [4.69, 9.17) is 5.26 Å². The minimum absolute atomic E-state index is 0.120. The minimum atomic E-state index is -3.77. The molecule has 1 unspecified atom stereocenters. The molecule has 1 atom stereocenters. The third-order valence-electron chi connectivity index (χ3n) is 1.97.